The zero-order valence-electron chi connectivity index (χ0n) is 13.4. The third-order valence-electron chi connectivity index (χ3n) is 3.47. The Balaban J connectivity index is 1.82. The molecular weight excluding hydrogens is 323 g/mol. The number of pyridine rings is 1. The van der Waals surface area contributed by atoms with Crippen LogP contribution in [0.4, 0.5) is 10.2 Å². The second kappa shape index (κ2) is 7.04. The van der Waals surface area contributed by atoms with Crippen LogP contribution in [0.2, 0.25) is 0 Å². The number of benzene rings is 1. The van der Waals surface area contributed by atoms with Crippen LogP contribution < -0.4 is 10.9 Å². The van der Waals surface area contributed by atoms with Crippen LogP contribution in [-0.2, 0) is 6.54 Å². The van der Waals surface area contributed by atoms with E-state index >= 15 is 0 Å². The number of carbonyl (C=O) groups is 1. The zero-order chi connectivity index (χ0) is 17.8. The summed E-state index contributed by atoms with van der Waals surface area (Å²) in [4.78, 5) is 28.4. The fourth-order valence-corrected chi connectivity index (χ4v) is 2.24. The molecule has 3 rings (SSSR count). The molecule has 0 spiro atoms. The first-order chi connectivity index (χ1) is 12.0. The molecule has 0 aliphatic rings. The molecular formula is C18H15FN4O2. The lowest BCUT2D eigenvalue weighted by Gasteiger charge is -2.08. The molecule has 2 aromatic heterocycles. The minimum absolute atomic E-state index is 0.0880. The summed E-state index contributed by atoms with van der Waals surface area (Å²) in [7, 11) is 0. The van der Waals surface area contributed by atoms with Gasteiger partial charge in [-0.2, -0.15) is 5.10 Å². The number of carbonyl (C=O) groups excluding carboxylic acids is 1. The number of nitrogens with one attached hydrogen (secondary N) is 1. The van der Waals surface area contributed by atoms with E-state index in [1.165, 1.54) is 24.3 Å². The molecule has 0 aliphatic heterocycles. The van der Waals surface area contributed by atoms with Gasteiger partial charge in [0, 0.05) is 11.8 Å². The Kier molecular flexibility index (Phi) is 4.65. The van der Waals surface area contributed by atoms with Crippen molar-refractivity contribution in [2.45, 2.75) is 13.5 Å². The van der Waals surface area contributed by atoms with Gasteiger partial charge in [0.15, 0.2) is 0 Å². The minimum Gasteiger partial charge on any atom is -0.305 e. The van der Waals surface area contributed by atoms with E-state index in [9.17, 15) is 14.0 Å². The summed E-state index contributed by atoms with van der Waals surface area (Å²) in [5.41, 5.74) is 1.21. The highest BCUT2D eigenvalue weighted by Gasteiger charge is 2.11. The van der Waals surface area contributed by atoms with Crippen molar-refractivity contribution in [1.29, 1.82) is 0 Å². The lowest BCUT2D eigenvalue weighted by Crippen LogP contribution is -2.26. The summed E-state index contributed by atoms with van der Waals surface area (Å²) in [6, 6.07) is 13.6. The molecule has 2 heterocycles. The Hall–Kier alpha value is -3.35. The topological polar surface area (TPSA) is 76.9 Å². The quantitative estimate of drug-likeness (QED) is 0.792. The van der Waals surface area contributed by atoms with Crippen LogP contribution in [-0.4, -0.2) is 20.7 Å². The van der Waals surface area contributed by atoms with Crippen LogP contribution in [0.25, 0.3) is 0 Å². The zero-order valence-corrected chi connectivity index (χ0v) is 13.4. The highest BCUT2D eigenvalue weighted by atomic mass is 19.1. The van der Waals surface area contributed by atoms with Crippen LogP contribution in [0.5, 0.6) is 0 Å². The monoisotopic (exact) mass is 338 g/mol. The molecule has 0 unspecified atom stereocenters. The Labute approximate surface area is 143 Å². The predicted octanol–water partition coefficient (Wildman–Crippen LogP) is 2.39. The van der Waals surface area contributed by atoms with Crippen LogP contribution in [0.3, 0.4) is 0 Å². The van der Waals surface area contributed by atoms with Crippen molar-refractivity contribution in [3.05, 3.63) is 87.7 Å². The molecule has 0 saturated heterocycles. The summed E-state index contributed by atoms with van der Waals surface area (Å²) in [5.74, 6) is -0.420. The van der Waals surface area contributed by atoms with Crippen molar-refractivity contribution < 1.29 is 9.18 Å². The largest absolute Gasteiger partial charge is 0.305 e. The number of anilines is 1. The lowest BCUT2D eigenvalue weighted by molar-refractivity contribution is 0.101. The van der Waals surface area contributed by atoms with E-state index < -0.39 is 5.91 Å². The number of nitrogens with zero attached hydrogens (tertiary/aromatic N) is 3. The van der Waals surface area contributed by atoms with Gasteiger partial charge in [-0.1, -0.05) is 18.2 Å². The van der Waals surface area contributed by atoms with Crippen LogP contribution in [0.1, 0.15) is 21.7 Å². The number of amides is 1. The molecule has 1 aromatic carbocycles. The number of hydrogen-bond donors (Lipinski definition) is 1. The Morgan fingerprint density at radius 3 is 2.60 bits per heavy atom. The van der Waals surface area contributed by atoms with Gasteiger partial charge in [0.25, 0.3) is 11.5 Å². The molecule has 0 atom stereocenters. The third kappa shape index (κ3) is 4.14. The smallest absolute Gasteiger partial charge is 0.277 e. The summed E-state index contributed by atoms with van der Waals surface area (Å²) >= 11 is 0. The van der Waals surface area contributed by atoms with E-state index in [-0.39, 0.29) is 23.6 Å². The lowest BCUT2D eigenvalue weighted by atomic mass is 10.2. The normalized spacial score (nSPS) is 10.5. The molecule has 1 amide bonds. The summed E-state index contributed by atoms with van der Waals surface area (Å²) in [6.07, 6.45) is 0. The first kappa shape index (κ1) is 16.5. The van der Waals surface area contributed by atoms with E-state index in [1.807, 2.05) is 13.0 Å². The maximum absolute atomic E-state index is 13.0. The highest BCUT2D eigenvalue weighted by molar-refractivity contribution is 6.02. The van der Waals surface area contributed by atoms with Gasteiger partial charge in [-0.15, -0.1) is 0 Å². The van der Waals surface area contributed by atoms with Crippen LogP contribution >= 0.6 is 0 Å². The van der Waals surface area contributed by atoms with Gasteiger partial charge in [-0.3, -0.25) is 9.59 Å². The highest BCUT2D eigenvalue weighted by Crippen LogP contribution is 2.07. The van der Waals surface area contributed by atoms with Crippen LogP contribution in [0, 0.1) is 12.7 Å². The van der Waals surface area contributed by atoms with Crippen LogP contribution in [0.15, 0.2) is 59.4 Å². The Bertz CT molecular complexity index is 967. The first-order valence-electron chi connectivity index (χ1n) is 7.59. The number of hydrogen-bond acceptors (Lipinski definition) is 4. The fourth-order valence-electron chi connectivity index (χ4n) is 2.24. The molecule has 1 N–H and O–H groups in total. The SMILES string of the molecule is Cc1cccc(NC(=O)c2ccc(=O)n(Cc3ccc(F)cc3)n2)n1. The number of aromatic nitrogens is 3. The molecule has 0 saturated carbocycles. The molecule has 25 heavy (non-hydrogen) atoms. The summed E-state index contributed by atoms with van der Waals surface area (Å²) < 4.78 is 14.1. The second-order valence-corrected chi connectivity index (χ2v) is 5.46. The second-order valence-electron chi connectivity index (χ2n) is 5.46. The maximum Gasteiger partial charge on any atom is 0.277 e. The molecule has 0 aliphatic carbocycles. The molecule has 0 radical (unpaired) electrons. The molecule has 126 valence electrons. The predicted molar refractivity (Wildman–Crippen MR) is 90.9 cm³/mol. The standard InChI is InChI=1S/C18H15FN4O2/c1-12-3-2-4-16(20-12)21-18(25)15-9-10-17(24)23(22-15)11-13-5-7-14(19)8-6-13/h2-10H,11H2,1H3,(H,20,21,25). The van der Waals surface area contributed by atoms with Gasteiger partial charge in [0.1, 0.15) is 17.3 Å². The average Bonchev–Trinajstić information content (AvgIpc) is 2.59. The van der Waals surface area contributed by atoms with Gasteiger partial charge < -0.3 is 5.32 Å². The van der Waals surface area contributed by atoms with Gasteiger partial charge in [0.2, 0.25) is 0 Å². The fraction of sp³-hybridized carbons (Fsp3) is 0.111. The molecule has 0 fully saturated rings. The van der Waals surface area contributed by atoms with Gasteiger partial charge in [0.05, 0.1) is 6.54 Å². The van der Waals surface area contributed by atoms with Crippen molar-refractivity contribution in [2.75, 3.05) is 5.32 Å². The van der Waals surface area contributed by atoms with Crippen molar-refractivity contribution in [2.24, 2.45) is 0 Å². The Morgan fingerprint density at radius 2 is 1.88 bits per heavy atom. The number of aryl methyl sites for hydroxylation is 1. The molecule has 3 aromatic rings. The Morgan fingerprint density at radius 1 is 1.12 bits per heavy atom. The van der Waals surface area contributed by atoms with Crippen molar-refractivity contribution in [3.63, 3.8) is 0 Å². The number of halogens is 1. The van der Waals surface area contributed by atoms with Crippen molar-refractivity contribution >= 4 is 11.7 Å². The van der Waals surface area contributed by atoms with Gasteiger partial charge in [-0.25, -0.2) is 14.1 Å². The van der Waals surface area contributed by atoms with Gasteiger partial charge in [-0.05, 0) is 42.8 Å². The molecule has 0 bridgehead atoms. The average molecular weight is 338 g/mol. The van der Waals surface area contributed by atoms with E-state index in [2.05, 4.69) is 15.4 Å². The summed E-state index contributed by atoms with van der Waals surface area (Å²) in [6.45, 7) is 1.96. The first-order valence-corrected chi connectivity index (χ1v) is 7.59. The third-order valence-corrected chi connectivity index (χ3v) is 3.47. The van der Waals surface area contributed by atoms with Crippen molar-refractivity contribution in [1.82, 2.24) is 14.8 Å². The van der Waals surface area contributed by atoms with E-state index in [0.29, 0.717) is 11.4 Å². The van der Waals surface area contributed by atoms with Crippen molar-refractivity contribution in [3.8, 4) is 0 Å². The molecule has 6 nitrogen and oxygen atoms in total. The molecule has 7 heteroatoms. The van der Waals surface area contributed by atoms with E-state index in [4.69, 9.17) is 0 Å². The number of rotatable bonds is 4. The summed E-state index contributed by atoms with van der Waals surface area (Å²) in [5, 5.41) is 6.72. The minimum atomic E-state index is -0.467. The van der Waals surface area contributed by atoms with E-state index in [0.717, 1.165) is 10.4 Å². The van der Waals surface area contributed by atoms with Gasteiger partial charge >= 0.3 is 0 Å². The van der Waals surface area contributed by atoms with E-state index in [1.54, 1.807) is 24.3 Å². The maximum atomic E-state index is 13.0.